The predicted molar refractivity (Wildman–Crippen MR) is 89.3 cm³/mol. The summed E-state index contributed by atoms with van der Waals surface area (Å²) in [4.78, 5) is 0.329. The molecule has 4 nitrogen and oxygen atoms in total. The van der Waals surface area contributed by atoms with Gasteiger partial charge in [0, 0.05) is 5.56 Å². The average Bonchev–Trinajstić information content (AvgIpc) is 2.43. The molecular weight excluding hydrogens is 328 g/mol. The number of benzene rings is 2. The van der Waals surface area contributed by atoms with Crippen molar-refractivity contribution in [1.29, 1.82) is 0 Å². The summed E-state index contributed by atoms with van der Waals surface area (Å²) in [5.74, 6) is 0. The van der Waals surface area contributed by atoms with Crippen molar-refractivity contribution in [3.63, 3.8) is 0 Å². The van der Waals surface area contributed by atoms with Crippen LogP contribution in [-0.4, -0.2) is 13.4 Å². The topological polar surface area (TPSA) is 72.2 Å². The van der Waals surface area contributed by atoms with E-state index in [-0.39, 0.29) is 9.88 Å². The number of nitrogens with two attached hydrogens (primary N) is 1. The van der Waals surface area contributed by atoms with Crippen molar-refractivity contribution in [3.8, 4) is 0 Å². The SMILES string of the molecule is Cc1cccc(Cl)c1NS(=O)(=O)c1ccc(C(N)=S)cc1. The largest absolute Gasteiger partial charge is 0.389 e. The third-order valence-corrected chi connectivity index (χ3v) is 4.82. The van der Waals surface area contributed by atoms with Gasteiger partial charge in [0.2, 0.25) is 0 Å². The molecule has 7 heteroatoms. The van der Waals surface area contributed by atoms with Crippen molar-refractivity contribution in [3.05, 3.63) is 58.6 Å². The van der Waals surface area contributed by atoms with Gasteiger partial charge in [0.15, 0.2) is 0 Å². The number of halogens is 1. The second-order valence-corrected chi connectivity index (χ2v) is 6.96. The zero-order valence-corrected chi connectivity index (χ0v) is 13.5. The van der Waals surface area contributed by atoms with Crippen LogP contribution in [0.25, 0.3) is 0 Å². The molecule has 3 N–H and O–H groups in total. The lowest BCUT2D eigenvalue weighted by molar-refractivity contribution is 0.601. The molecule has 110 valence electrons. The van der Waals surface area contributed by atoms with Crippen LogP contribution >= 0.6 is 23.8 Å². The van der Waals surface area contributed by atoms with Crippen LogP contribution in [0.15, 0.2) is 47.4 Å². The summed E-state index contributed by atoms with van der Waals surface area (Å²) in [7, 11) is -3.72. The molecule has 0 atom stereocenters. The molecule has 0 aliphatic heterocycles. The molecule has 0 amide bonds. The fourth-order valence-electron chi connectivity index (χ4n) is 1.75. The van der Waals surface area contributed by atoms with Gasteiger partial charge in [-0.15, -0.1) is 0 Å². The second kappa shape index (κ2) is 6.01. The summed E-state index contributed by atoms with van der Waals surface area (Å²) >= 11 is 10.9. The van der Waals surface area contributed by atoms with E-state index in [2.05, 4.69) is 4.72 Å². The number of para-hydroxylation sites is 1. The summed E-state index contributed by atoms with van der Waals surface area (Å²) < 4.78 is 27.2. The van der Waals surface area contributed by atoms with Gasteiger partial charge in [0.05, 0.1) is 15.6 Å². The van der Waals surface area contributed by atoms with Crippen molar-refractivity contribution >= 4 is 44.5 Å². The Kier molecular flexibility index (Phi) is 4.51. The van der Waals surface area contributed by atoms with Gasteiger partial charge in [-0.25, -0.2) is 8.42 Å². The predicted octanol–water partition coefficient (Wildman–Crippen LogP) is 3.08. The summed E-state index contributed by atoms with van der Waals surface area (Å²) in [6.07, 6.45) is 0. The van der Waals surface area contributed by atoms with Gasteiger partial charge in [-0.2, -0.15) is 0 Å². The molecule has 2 rings (SSSR count). The maximum absolute atomic E-state index is 12.4. The molecule has 2 aromatic rings. The van der Waals surface area contributed by atoms with E-state index < -0.39 is 10.0 Å². The minimum atomic E-state index is -3.72. The number of anilines is 1. The molecule has 0 spiro atoms. The van der Waals surface area contributed by atoms with Crippen molar-refractivity contribution in [1.82, 2.24) is 0 Å². The van der Waals surface area contributed by atoms with E-state index in [1.807, 2.05) is 0 Å². The molecule has 0 aromatic heterocycles. The van der Waals surface area contributed by atoms with Crippen molar-refractivity contribution in [2.45, 2.75) is 11.8 Å². The van der Waals surface area contributed by atoms with E-state index in [0.717, 1.165) is 5.56 Å². The smallest absolute Gasteiger partial charge is 0.261 e. The van der Waals surface area contributed by atoms with Gasteiger partial charge in [-0.05, 0) is 30.7 Å². The van der Waals surface area contributed by atoms with Crippen LogP contribution in [0, 0.1) is 6.92 Å². The number of hydrogen-bond acceptors (Lipinski definition) is 3. The minimum absolute atomic E-state index is 0.113. The maximum Gasteiger partial charge on any atom is 0.261 e. The standard InChI is InChI=1S/C14H13ClN2O2S2/c1-9-3-2-4-12(15)13(9)17-21(18,19)11-7-5-10(6-8-11)14(16)20/h2-8,17H,1H3,(H2,16,20). The lowest BCUT2D eigenvalue weighted by atomic mass is 10.2. The number of aryl methyl sites for hydroxylation is 1. The fraction of sp³-hybridized carbons (Fsp3) is 0.0714. The third kappa shape index (κ3) is 3.53. The van der Waals surface area contributed by atoms with Crippen LogP contribution in [0.5, 0.6) is 0 Å². The average molecular weight is 341 g/mol. The molecule has 0 saturated carbocycles. The number of thiocarbonyl (C=S) groups is 1. The minimum Gasteiger partial charge on any atom is -0.389 e. The first kappa shape index (κ1) is 15.8. The molecule has 0 aliphatic carbocycles. The summed E-state index contributed by atoms with van der Waals surface area (Å²) in [6, 6.07) is 11.2. The summed E-state index contributed by atoms with van der Waals surface area (Å²) in [5.41, 5.74) is 7.21. The lowest BCUT2D eigenvalue weighted by Gasteiger charge is -2.12. The molecule has 0 aliphatic rings. The fourth-order valence-corrected chi connectivity index (χ4v) is 3.37. The first-order valence-electron chi connectivity index (χ1n) is 5.99. The van der Waals surface area contributed by atoms with Crippen molar-refractivity contribution < 1.29 is 8.42 Å². The Morgan fingerprint density at radius 1 is 1.19 bits per heavy atom. The Labute approximate surface area is 134 Å². The van der Waals surface area contributed by atoms with Gasteiger partial charge in [-0.3, -0.25) is 4.72 Å². The van der Waals surface area contributed by atoms with E-state index in [1.165, 1.54) is 12.1 Å². The Balaban J connectivity index is 2.36. The van der Waals surface area contributed by atoms with Gasteiger partial charge >= 0.3 is 0 Å². The molecule has 0 saturated heterocycles. The first-order valence-corrected chi connectivity index (χ1v) is 8.26. The van der Waals surface area contributed by atoms with E-state index in [4.69, 9.17) is 29.6 Å². The zero-order chi connectivity index (χ0) is 15.6. The highest BCUT2D eigenvalue weighted by molar-refractivity contribution is 7.92. The van der Waals surface area contributed by atoms with E-state index >= 15 is 0 Å². The van der Waals surface area contributed by atoms with E-state index in [0.29, 0.717) is 16.3 Å². The number of hydrogen-bond donors (Lipinski definition) is 2. The second-order valence-electron chi connectivity index (χ2n) is 4.43. The molecule has 2 aromatic carbocycles. The highest BCUT2D eigenvalue weighted by Crippen LogP contribution is 2.27. The van der Waals surface area contributed by atoms with Gasteiger partial charge < -0.3 is 5.73 Å². The van der Waals surface area contributed by atoms with Crippen molar-refractivity contribution in [2.24, 2.45) is 5.73 Å². The first-order chi connectivity index (χ1) is 9.81. The van der Waals surface area contributed by atoms with Crippen LogP contribution in [0.1, 0.15) is 11.1 Å². The number of nitrogens with one attached hydrogen (secondary N) is 1. The third-order valence-electron chi connectivity index (χ3n) is 2.91. The Morgan fingerprint density at radius 2 is 1.81 bits per heavy atom. The number of rotatable bonds is 4. The normalized spacial score (nSPS) is 11.1. The van der Waals surface area contributed by atoms with Crippen LogP contribution in [0.4, 0.5) is 5.69 Å². The zero-order valence-electron chi connectivity index (χ0n) is 11.1. The molecule has 0 bridgehead atoms. The van der Waals surface area contributed by atoms with Crippen LogP contribution in [-0.2, 0) is 10.0 Å². The Bertz CT molecular complexity index is 767. The molecule has 0 fully saturated rings. The number of sulfonamides is 1. The molecule has 21 heavy (non-hydrogen) atoms. The summed E-state index contributed by atoms with van der Waals surface area (Å²) in [6.45, 7) is 1.78. The van der Waals surface area contributed by atoms with E-state index in [9.17, 15) is 8.42 Å². The lowest BCUT2D eigenvalue weighted by Crippen LogP contribution is -2.15. The van der Waals surface area contributed by atoms with Gasteiger partial charge in [0.1, 0.15) is 4.99 Å². The Morgan fingerprint density at radius 3 is 2.33 bits per heavy atom. The quantitative estimate of drug-likeness (QED) is 0.839. The maximum atomic E-state index is 12.4. The highest BCUT2D eigenvalue weighted by Gasteiger charge is 2.17. The molecular formula is C14H13ClN2O2S2. The van der Waals surface area contributed by atoms with Gasteiger partial charge in [0.25, 0.3) is 10.0 Å². The van der Waals surface area contributed by atoms with E-state index in [1.54, 1.807) is 37.3 Å². The monoisotopic (exact) mass is 340 g/mol. The molecule has 0 radical (unpaired) electrons. The molecule has 0 heterocycles. The van der Waals surface area contributed by atoms with Crippen LogP contribution in [0.2, 0.25) is 5.02 Å². The summed E-state index contributed by atoms with van der Waals surface area (Å²) in [5, 5.41) is 0.346. The van der Waals surface area contributed by atoms with Gasteiger partial charge in [-0.1, -0.05) is 48.1 Å². The highest BCUT2D eigenvalue weighted by atomic mass is 35.5. The Hall–Kier alpha value is -1.63. The molecule has 0 unspecified atom stereocenters. The van der Waals surface area contributed by atoms with Crippen LogP contribution in [0.3, 0.4) is 0 Å². The van der Waals surface area contributed by atoms with Crippen LogP contribution < -0.4 is 10.5 Å². The van der Waals surface area contributed by atoms with Crippen molar-refractivity contribution in [2.75, 3.05) is 4.72 Å².